The lowest BCUT2D eigenvalue weighted by Gasteiger charge is -2.37. The van der Waals surface area contributed by atoms with Gasteiger partial charge in [0.15, 0.2) is 0 Å². The second kappa shape index (κ2) is 6.84. The van der Waals surface area contributed by atoms with Gasteiger partial charge in [-0.05, 0) is 50.7 Å². The Morgan fingerprint density at radius 1 is 1.58 bits per heavy atom. The second-order valence-electron chi connectivity index (χ2n) is 5.97. The molecule has 4 heteroatoms. The number of likely N-dealkylation sites (tertiary alicyclic amines) is 1. The van der Waals surface area contributed by atoms with Gasteiger partial charge < -0.3 is 15.3 Å². The maximum absolute atomic E-state index is 10.2. The summed E-state index contributed by atoms with van der Waals surface area (Å²) in [5.74, 6) is 0.681. The van der Waals surface area contributed by atoms with Crippen LogP contribution in [0.3, 0.4) is 0 Å². The smallest absolute Gasteiger partial charge is 0.0896 e. The predicted molar refractivity (Wildman–Crippen MR) is 81.6 cm³/mol. The van der Waals surface area contributed by atoms with E-state index >= 15 is 0 Å². The Morgan fingerprint density at radius 3 is 3.00 bits per heavy atom. The van der Waals surface area contributed by atoms with E-state index in [0.29, 0.717) is 18.0 Å². The van der Waals surface area contributed by atoms with Gasteiger partial charge in [-0.1, -0.05) is 13.0 Å². The van der Waals surface area contributed by atoms with Gasteiger partial charge in [0.1, 0.15) is 0 Å². The second-order valence-corrected chi connectivity index (χ2v) is 6.95. The van der Waals surface area contributed by atoms with Gasteiger partial charge in [0.2, 0.25) is 0 Å². The Bertz CT molecular complexity index is 368. The molecule has 0 aromatic carbocycles. The van der Waals surface area contributed by atoms with Crippen LogP contribution < -0.4 is 5.32 Å². The van der Waals surface area contributed by atoms with Crippen molar-refractivity contribution in [1.82, 2.24) is 10.2 Å². The first-order valence-electron chi connectivity index (χ1n) is 7.22. The van der Waals surface area contributed by atoms with Gasteiger partial charge in [-0.2, -0.15) is 0 Å². The van der Waals surface area contributed by atoms with Crippen LogP contribution in [-0.2, 0) is 0 Å². The minimum Gasteiger partial charge on any atom is -0.388 e. The fraction of sp³-hybridized carbons (Fsp3) is 0.733. The number of rotatable bonds is 5. The molecule has 0 radical (unpaired) electrons. The molecule has 1 aliphatic rings. The first-order chi connectivity index (χ1) is 9.06. The topological polar surface area (TPSA) is 35.5 Å². The summed E-state index contributed by atoms with van der Waals surface area (Å²) in [6.07, 6.45) is 1.67. The van der Waals surface area contributed by atoms with Gasteiger partial charge in [0.25, 0.3) is 0 Å². The minimum atomic E-state index is -0.330. The summed E-state index contributed by atoms with van der Waals surface area (Å²) in [6, 6.07) is 4.95. The lowest BCUT2D eigenvalue weighted by molar-refractivity contribution is 0.134. The molecule has 3 nitrogen and oxygen atoms in total. The summed E-state index contributed by atoms with van der Waals surface area (Å²) >= 11 is 1.64. The molecule has 1 saturated heterocycles. The lowest BCUT2D eigenvalue weighted by atomic mass is 9.93. The fourth-order valence-electron chi connectivity index (χ4n) is 2.97. The third-order valence-corrected chi connectivity index (χ3v) is 5.03. The van der Waals surface area contributed by atoms with Crippen LogP contribution >= 0.6 is 11.3 Å². The van der Waals surface area contributed by atoms with Crippen LogP contribution in [0.1, 0.15) is 37.7 Å². The van der Waals surface area contributed by atoms with Crippen LogP contribution in [0.5, 0.6) is 0 Å². The molecule has 0 amide bonds. The molecule has 19 heavy (non-hydrogen) atoms. The van der Waals surface area contributed by atoms with Crippen molar-refractivity contribution < 1.29 is 5.11 Å². The fourth-order valence-corrected chi connectivity index (χ4v) is 3.69. The molecule has 108 valence electrons. The number of aliphatic hydroxyl groups is 1. The molecular formula is C15H26N2OS. The van der Waals surface area contributed by atoms with Crippen molar-refractivity contribution in [2.45, 2.75) is 44.9 Å². The van der Waals surface area contributed by atoms with E-state index in [1.165, 1.54) is 13.0 Å². The standard InChI is InChI=1S/C15H26N2OS/c1-11-10-17(3)7-6-13(11)16-12(2)9-14(18)15-5-4-8-19-15/h4-5,8,11-14,16,18H,6-7,9-10H2,1-3H3. The molecule has 1 aliphatic heterocycles. The molecule has 0 bridgehead atoms. The van der Waals surface area contributed by atoms with E-state index < -0.39 is 0 Å². The number of aliphatic hydroxyl groups excluding tert-OH is 1. The van der Waals surface area contributed by atoms with Gasteiger partial charge in [0, 0.05) is 23.5 Å². The van der Waals surface area contributed by atoms with Crippen molar-refractivity contribution in [3.63, 3.8) is 0 Å². The van der Waals surface area contributed by atoms with E-state index in [4.69, 9.17) is 0 Å². The quantitative estimate of drug-likeness (QED) is 0.871. The predicted octanol–water partition coefficient (Wildman–Crippen LogP) is 2.49. The molecule has 4 unspecified atom stereocenters. The van der Waals surface area contributed by atoms with Crippen molar-refractivity contribution in [2.75, 3.05) is 20.1 Å². The summed E-state index contributed by atoms with van der Waals surface area (Å²) in [4.78, 5) is 3.47. The monoisotopic (exact) mass is 282 g/mol. The summed E-state index contributed by atoms with van der Waals surface area (Å²) in [6.45, 7) is 6.83. The maximum atomic E-state index is 10.2. The van der Waals surface area contributed by atoms with Gasteiger partial charge >= 0.3 is 0 Å². The molecule has 2 heterocycles. The lowest BCUT2D eigenvalue weighted by Crippen LogP contribution is -2.49. The molecule has 0 spiro atoms. The Kier molecular flexibility index (Phi) is 5.39. The highest BCUT2D eigenvalue weighted by atomic mass is 32.1. The number of nitrogens with zero attached hydrogens (tertiary/aromatic N) is 1. The summed E-state index contributed by atoms with van der Waals surface area (Å²) < 4.78 is 0. The molecule has 2 rings (SSSR count). The zero-order valence-corrected chi connectivity index (χ0v) is 13.0. The van der Waals surface area contributed by atoms with E-state index in [2.05, 4.69) is 31.1 Å². The van der Waals surface area contributed by atoms with Gasteiger partial charge in [-0.3, -0.25) is 0 Å². The van der Waals surface area contributed by atoms with Gasteiger partial charge in [-0.15, -0.1) is 11.3 Å². The van der Waals surface area contributed by atoms with E-state index in [1.807, 2.05) is 17.5 Å². The third-order valence-electron chi connectivity index (χ3n) is 4.06. The van der Waals surface area contributed by atoms with Gasteiger partial charge in [-0.25, -0.2) is 0 Å². The molecular weight excluding hydrogens is 256 g/mol. The molecule has 0 saturated carbocycles. The first kappa shape index (κ1) is 15.0. The van der Waals surface area contributed by atoms with E-state index in [9.17, 15) is 5.11 Å². The van der Waals surface area contributed by atoms with Gasteiger partial charge in [0.05, 0.1) is 6.10 Å². The number of piperidine rings is 1. The maximum Gasteiger partial charge on any atom is 0.0896 e. The Hall–Kier alpha value is -0.420. The largest absolute Gasteiger partial charge is 0.388 e. The van der Waals surface area contributed by atoms with Crippen molar-refractivity contribution in [3.8, 4) is 0 Å². The highest BCUT2D eigenvalue weighted by Gasteiger charge is 2.25. The molecule has 1 aromatic heterocycles. The van der Waals surface area contributed by atoms with Crippen LogP contribution in [0.15, 0.2) is 17.5 Å². The van der Waals surface area contributed by atoms with E-state index in [1.54, 1.807) is 11.3 Å². The van der Waals surface area contributed by atoms with Crippen LogP contribution in [-0.4, -0.2) is 42.2 Å². The number of hydrogen-bond acceptors (Lipinski definition) is 4. The van der Waals surface area contributed by atoms with Crippen LogP contribution in [0.2, 0.25) is 0 Å². The highest BCUT2D eigenvalue weighted by Crippen LogP contribution is 2.24. The first-order valence-corrected chi connectivity index (χ1v) is 8.10. The van der Waals surface area contributed by atoms with Crippen molar-refractivity contribution in [1.29, 1.82) is 0 Å². The minimum absolute atomic E-state index is 0.330. The molecule has 4 atom stereocenters. The average Bonchev–Trinajstić information content (AvgIpc) is 2.86. The number of hydrogen-bond donors (Lipinski definition) is 2. The van der Waals surface area contributed by atoms with Crippen LogP contribution in [0.4, 0.5) is 0 Å². The zero-order chi connectivity index (χ0) is 13.8. The highest BCUT2D eigenvalue weighted by molar-refractivity contribution is 7.10. The number of thiophene rings is 1. The summed E-state index contributed by atoms with van der Waals surface area (Å²) in [5.41, 5.74) is 0. The number of nitrogens with one attached hydrogen (secondary N) is 1. The zero-order valence-electron chi connectivity index (χ0n) is 12.2. The van der Waals surface area contributed by atoms with Crippen molar-refractivity contribution in [3.05, 3.63) is 22.4 Å². The molecule has 1 aromatic rings. The van der Waals surface area contributed by atoms with Crippen molar-refractivity contribution in [2.24, 2.45) is 5.92 Å². The van der Waals surface area contributed by atoms with Crippen LogP contribution in [0, 0.1) is 5.92 Å². The normalized spacial score (nSPS) is 28.2. The Balaban J connectivity index is 1.79. The molecule has 1 fully saturated rings. The summed E-state index contributed by atoms with van der Waals surface area (Å²) in [7, 11) is 2.19. The average molecular weight is 282 g/mol. The van der Waals surface area contributed by atoms with Crippen LogP contribution in [0.25, 0.3) is 0 Å². The Labute approximate surface area is 120 Å². The summed E-state index contributed by atoms with van der Waals surface area (Å²) in [5, 5.41) is 15.9. The third kappa shape index (κ3) is 4.28. The van der Waals surface area contributed by atoms with E-state index in [0.717, 1.165) is 17.8 Å². The SMILES string of the molecule is CC(CC(O)c1cccs1)NC1CCN(C)CC1C. The van der Waals surface area contributed by atoms with E-state index in [-0.39, 0.29) is 6.10 Å². The van der Waals surface area contributed by atoms with Crippen molar-refractivity contribution >= 4 is 11.3 Å². The molecule has 2 N–H and O–H groups in total. The molecule has 0 aliphatic carbocycles. The Morgan fingerprint density at radius 2 is 2.37 bits per heavy atom.